The number of rotatable bonds is 4. The fourth-order valence-electron chi connectivity index (χ4n) is 1.72. The van der Waals surface area contributed by atoms with Crippen molar-refractivity contribution < 1.29 is 15.1 Å². The van der Waals surface area contributed by atoms with E-state index in [1.54, 1.807) is 60.7 Å². The molecule has 0 unspecified atom stereocenters. The Hall–Kier alpha value is -2.52. The van der Waals surface area contributed by atoms with Crippen molar-refractivity contribution in [2.45, 2.75) is 0 Å². The standard InChI is InChI=1S/C16H12O2.H2O/c1-2-12-8-6-7-11-14(12)16(18)15(17)13-9-4-3-5-10-13;/h2-11H,1H2;1H2. The van der Waals surface area contributed by atoms with E-state index >= 15 is 0 Å². The van der Waals surface area contributed by atoms with E-state index in [1.165, 1.54) is 0 Å². The maximum Gasteiger partial charge on any atom is 0.234 e. The van der Waals surface area contributed by atoms with Crippen LogP contribution in [0.25, 0.3) is 6.08 Å². The van der Waals surface area contributed by atoms with E-state index in [2.05, 4.69) is 6.58 Å². The van der Waals surface area contributed by atoms with Crippen LogP contribution in [-0.2, 0) is 0 Å². The van der Waals surface area contributed by atoms with Gasteiger partial charge in [-0.2, -0.15) is 0 Å². The van der Waals surface area contributed by atoms with Crippen LogP contribution in [-0.4, -0.2) is 17.0 Å². The van der Waals surface area contributed by atoms with Crippen LogP contribution in [0.4, 0.5) is 0 Å². The molecular formula is C16H14O3. The van der Waals surface area contributed by atoms with Crippen molar-refractivity contribution in [1.29, 1.82) is 0 Å². The Labute approximate surface area is 111 Å². The minimum Gasteiger partial charge on any atom is -0.412 e. The van der Waals surface area contributed by atoms with E-state index in [0.717, 1.165) is 0 Å². The maximum atomic E-state index is 12.1. The average molecular weight is 254 g/mol. The number of benzene rings is 2. The lowest BCUT2D eigenvalue weighted by molar-refractivity contribution is 0.0817. The summed E-state index contributed by atoms with van der Waals surface area (Å²) in [5, 5.41) is 0. The second kappa shape index (κ2) is 6.42. The molecule has 2 rings (SSSR count). The van der Waals surface area contributed by atoms with Crippen molar-refractivity contribution in [3.05, 3.63) is 77.9 Å². The monoisotopic (exact) mass is 254 g/mol. The molecule has 3 heteroatoms. The van der Waals surface area contributed by atoms with Gasteiger partial charge in [-0.05, 0) is 5.56 Å². The minimum absolute atomic E-state index is 0. The van der Waals surface area contributed by atoms with Crippen molar-refractivity contribution in [2.24, 2.45) is 0 Å². The highest BCUT2D eigenvalue weighted by Gasteiger charge is 2.19. The Balaban J connectivity index is 0.00000180. The van der Waals surface area contributed by atoms with Gasteiger partial charge in [0.05, 0.1) is 0 Å². The molecular weight excluding hydrogens is 240 g/mol. The summed E-state index contributed by atoms with van der Waals surface area (Å²) in [5.74, 6) is -0.999. The van der Waals surface area contributed by atoms with E-state index < -0.39 is 11.6 Å². The lowest BCUT2D eigenvalue weighted by atomic mass is 9.97. The van der Waals surface area contributed by atoms with Gasteiger partial charge in [-0.3, -0.25) is 9.59 Å². The van der Waals surface area contributed by atoms with E-state index in [9.17, 15) is 9.59 Å². The molecule has 2 N–H and O–H groups in total. The Kier molecular flexibility index (Phi) is 4.92. The predicted octanol–water partition coefficient (Wildman–Crippen LogP) is 2.57. The molecule has 2 aromatic rings. The first-order valence-electron chi connectivity index (χ1n) is 5.59. The normalized spacial score (nSPS) is 9.26. The summed E-state index contributed by atoms with van der Waals surface area (Å²) in [5.41, 5.74) is 1.47. The highest BCUT2D eigenvalue weighted by atomic mass is 16.2. The number of hydrogen-bond acceptors (Lipinski definition) is 2. The quantitative estimate of drug-likeness (QED) is 0.621. The van der Waals surface area contributed by atoms with Crippen LogP contribution >= 0.6 is 0 Å². The molecule has 0 radical (unpaired) electrons. The molecule has 0 aliphatic carbocycles. The van der Waals surface area contributed by atoms with Crippen molar-refractivity contribution >= 4 is 17.6 Å². The van der Waals surface area contributed by atoms with Crippen LogP contribution in [0.15, 0.2) is 61.2 Å². The molecule has 0 bridgehead atoms. The van der Waals surface area contributed by atoms with Crippen LogP contribution in [0, 0.1) is 0 Å². The SMILES string of the molecule is C=Cc1ccccc1C(=O)C(=O)c1ccccc1.O. The Morgan fingerprint density at radius 3 is 2.05 bits per heavy atom. The zero-order valence-electron chi connectivity index (χ0n) is 10.3. The molecule has 3 nitrogen and oxygen atoms in total. The average Bonchev–Trinajstić information content (AvgIpc) is 2.46. The molecule has 0 fully saturated rings. The first-order valence-corrected chi connectivity index (χ1v) is 5.59. The molecule has 2 aromatic carbocycles. The number of carbonyl (C=O) groups is 2. The maximum absolute atomic E-state index is 12.1. The topological polar surface area (TPSA) is 65.6 Å². The largest absolute Gasteiger partial charge is 0.412 e. The van der Waals surface area contributed by atoms with Crippen LogP contribution in [0.3, 0.4) is 0 Å². The lowest BCUT2D eigenvalue weighted by Gasteiger charge is -2.04. The molecule has 0 saturated heterocycles. The van der Waals surface area contributed by atoms with Crippen molar-refractivity contribution in [3.8, 4) is 0 Å². The van der Waals surface area contributed by atoms with Gasteiger partial charge in [-0.15, -0.1) is 0 Å². The van der Waals surface area contributed by atoms with E-state index in [1.807, 2.05) is 0 Å². The summed E-state index contributed by atoms with van der Waals surface area (Å²) < 4.78 is 0. The highest BCUT2D eigenvalue weighted by Crippen LogP contribution is 2.13. The first kappa shape index (κ1) is 14.5. The molecule has 96 valence electrons. The third kappa shape index (κ3) is 3.03. The minimum atomic E-state index is -0.503. The molecule has 0 saturated carbocycles. The van der Waals surface area contributed by atoms with E-state index in [0.29, 0.717) is 16.7 Å². The van der Waals surface area contributed by atoms with E-state index in [4.69, 9.17) is 0 Å². The Morgan fingerprint density at radius 2 is 1.42 bits per heavy atom. The highest BCUT2D eigenvalue weighted by molar-refractivity contribution is 6.49. The zero-order valence-corrected chi connectivity index (χ0v) is 10.3. The molecule has 0 aliphatic rings. The number of ketones is 2. The second-order valence-corrected chi connectivity index (χ2v) is 3.82. The van der Waals surface area contributed by atoms with Gasteiger partial charge in [-0.1, -0.05) is 67.3 Å². The molecule has 0 spiro atoms. The number of carbonyl (C=O) groups excluding carboxylic acids is 2. The van der Waals surface area contributed by atoms with Crippen molar-refractivity contribution in [2.75, 3.05) is 0 Å². The molecule has 0 heterocycles. The van der Waals surface area contributed by atoms with Gasteiger partial charge in [0, 0.05) is 11.1 Å². The van der Waals surface area contributed by atoms with Gasteiger partial charge < -0.3 is 5.48 Å². The summed E-state index contributed by atoms with van der Waals surface area (Å²) >= 11 is 0. The molecule has 0 aliphatic heterocycles. The van der Waals surface area contributed by atoms with Crippen LogP contribution in [0.2, 0.25) is 0 Å². The number of hydrogen-bond donors (Lipinski definition) is 0. The second-order valence-electron chi connectivity index (χ2n) is 3.82. The molecule has 19 heavy (non-hydrogen) atoms. The summed E-state index contributed by atoms with van der Waals surface area (Å²) in [6.07, 6.45) is 1.57. The summed E-state index contributed by atoms with van der Waals surface area (Å²) in [6.45, 7) is 3.64. The Bertz CT molecular complexity index is 600. The lowest BCUT2D eigenvalue weighted by Crippen LogP contribution is -2.15. The zero-order chi connectivity index (χ0) is 13.0. The van der Waals surface area contributed by atoms with Crippen LogP contribution in [0.1, 0.15) is 26.3 Å². The smallest absolute Gasteiger partial charge is 0.234 e. The predicted molar refractivity (Wildman–Crippen MR) is 75.2 cm³/mol. The molecule has 0 atom stereocenters. The van der Waals surface area contributed by atoms with Crippen LogP contribution < -0.4 is 0 Å². The molecule has 0 aromatic heterocycles. The summed E-state index contributed by atoms with van der Waals surface area (Å²) in [7, 11) is 0. The van der Waals surface area contributed by atoms with Gasteiger partial charge in [-0.25, -0.2) is 0 Å². The third-order valence-corrected chi connectivity index (χ3v) is 2.67. The summed E-state index contributed by atoms with van der Waals surface area (Å²) in [6, 6.07) is 15.5. The fourth-order valence-corrected chi connectivity index (χ4v) is 1.72. The van der Waals surface area contributed by atoms with Crippen molar-refractivity contribution in [3.63, 3.8) is 0 Å². The van der Waals surface area contributed by atoms with Gasteiger partial charge in [0.15, 0.2) is 0 Å². The van der Waals surface area contributed by atoms with E-state index in [-0.39, 0.29) is 5.48 Å². The number of Topliss-reactive ketones (excluding diaryl/α,β-unsaturated/α-hetero) is 2. The fraction of sp³-hybridized carbons (Fsp3) is 0. The van der Waals surface area contributed by atoms with Gasteiger partial charge in [0.1, 0.15) is 0 Å². The molecule has 0 amide bonds. The third-order valence-electron chi connectivity index (χ3n) is 2.67. The van der Waals surface area contributed by atoms with Crippen molar-refractivity contribution in [1.82, 2.24) is 0 Å². The van der Waals surface area contributed by atoms with Gasteiger partial charge in [0.2, 0.25) is 11.6 Å². The van der Waals surface area contributed by atoms with Gasteiger partial charge in [0.25, 0.3) is 0 Å². The first-order chi connectivity index (χ1) is 8.74. The van der Waals surface area contributed by atoms with Crippen LogP contribution in [0.5, 0.6) is 0 Å². The van der Waals surface area contributed by atoms with Gasteiger partial charge >= 0.3 is 0 Å². The summed E-state index contributed by atoms with van der Waals surface area (Å²) in [4.78, 5) is 24.2. The Morgan fingerprint density at radius 1 is 0.842 bits per heavy atom.